The molecular formula is C23H27N3O3S. The Kier molecular flexibility index (Phi) is 6.62. The number of aromatic nitrogens is 1. The number of thiazole rings is 1. The van der Waals surface area contributed by atoms with Crippen LogP contribution in [-0.2, 0) is 29.0 Å². The number of amides is 1. The predicted octanol–water partition coefficient (Wildman–Crippen LogP) is 3.87. The first-order valence-corrected chi connectivity index (χ1v) is 11.1. The molecule has 1 aliphatic heterocycles. The summed E-state index contributed by atoms with van der Waals surface area (Å²) in [7, 11) is 0. The number of hydrogen-bond donors (Lipinski definition) is 1. The summed E-state index contributed by atoms with van der Waals surface area (Å²) in [5, 5.41) is 5.75. The summed E-state index contributed by atoms with van der Waals surface area (Å²) >= 11 is 1.49. The Morgan fingerprint density at radius 2 is 1.93 bits per heavy atom. The minimum Gasteiger partial charge on any atom is -0.462 e. The molecule has 2 atom stereocenters. The largest absolute Gasteiger partial charge is 0.462 e. The molecule has 0 saturated carbocycles. The van der Waals surface area contributed by atoms with Crippen LogP contribution >= 0.6 is 11.3 Å². The summed E-state index contributed by atoms with van der Waals surface area (Å²) in [6.45, 7) is 7.46. The maximum Gasteiger partial charge on any atom is 0.226 e. The average molecular weight is 426 g/mol. The highest BCUT2D eigenvalue weighted by atomic mass is 32.1. The molecule has 6 nitrogen and oxygen atoms in total. The van der Waals surface area contributed by atoms with Crippen LogP contribution in [0.3, 0.4) is 0 Å². The summed E-state index contributed by atoms with van der Waals surface area (Å²) in [5.74, 6) is 0.696. The van der Waals surface area contributed by atoms with Crippen molar-refractivity contribution < 1.29 is 13.9 Å². The van der Waals surface area contributed by atoms with Crippen molar-refractivity contribution in [3.63, 3.8) is 0 Å². The molecule has 0 radical (unpaired) electrons. The third-order valence-electron chi connectivity index (χ3n) is 5.11. The van der Waals surface area contributed by atoms with Crippen molar-refractivity contribution in [2.24, 2.45) is 0 Å². The van der Waals surface area contributed by atoms with Crippen molar-refractivity contribution in [3.8, 4) is 10.8 Å². The van der Waals surface area contributed by atoms with Crippen LogP contribution < -0.4 is 5.32 Å². The highest BCUT2D eigenvalue weighted by molar-refractivity contribution is 7.13. The third kappa shape index (κ3) is 5.36. The van der Waals surface area contributed by atoms with Crippen LogP contribution in [0.15, 0.2) is 52.5 Å². The summed E-state index contributed by atoms with van der Waals surface area (Å²) in [4.78, 5) is 19.4. The zero-order valence-electron chi connectivity index (χ0n) is 17.3. The summed E-state index contributed by atoms with van der Waals surface area (Å²) in [6, 6.07) is 12.0. The first-order chi connectivity index (χ1) is 14.6. The molecule has 1 amide bonds. The van der Waals surface area contributed by atoms with E-state index in [0.29, 0.717) is 6.54 Å². The summed E-state index contributed by atoms with van der Waals surface area (Å²) < 4.78 is 11.2. The van der Waals surface area contributed by atoms with Gasteiger partial charge in [0.15, 0.2) is 10.8 Å². The van der Waals surface area contributed by atoms with Crippen molar-refractivity contribution in [2.75, 3.05) is 13.1 Å². The number of hydrogen-bond acceptors (Lipinski definition) is 6. The van der Waals surface area contributed by atoms with E-state index in [1.54, 1.807) is 6.26 Å². The van der Waals surface area contributed by atoms with Gasteiger partial charge in [-0.3, -0.25) is 9.69 Å². The van der Waals surface area contributed by atoms with E-state index >= 15 is 0 Å². The van der Waals surface area contributed by atoms with Crippen LogP contribution in [0.2, 0.25) is 0 Å². The number of furan rings is 1. The van der Waals surface area contributed by atoms with Gasteiger partial charge in [-0.25, -0.2) is 4.98 Å². The lowest BCUT2D eigenvalue weighted by Gasteiger charge is -2.35. The Morgan fingerprint density at radius 1 is 1.17 bits per heavy atom. The van der Waals surface area contributed by atoms with Gasteiger partial charge in [-0.2, -0.15) is 0 Å². The number of nitrogens with one attached hydrogen (secondary N) is 1. The standard InChI is InChI=1S/C23H27N3O3S/c1-16-12-26(13-17(2)29-16)14-19-7-4-3-6-18(19)11-24-22(27)10-20-15-30-23(25-20)21-8-5-9-28-21/h3-9,15-17H,10-14H2,1-2H3,(H,24,27)/t16-,17-/m1/s1. The van der Waals surface area contributed by atoms with Gasteiger partial charge in [0.25, 0.3) is 0 Å². The zero-order valence-corrected chi connectivity index (χ0v) is 18.2. The fraction of sp³-hybridized carbons (Fsp3) is 0.391. The summed E-state index contributed by atoms with van der Waals surface area (Å²) in [6.07, 6.45) is 2.37. The Bertz CT molecular complexity index is 960. The number of carbonyl (C=O) groups excluding carboxylic acids is 1. The maximum atomic E-state index is 12.5. The molecule has 1 fully saturated rings. The predicted molar refractivity (Wildman–Crippen MR) is 117 cm³/mol. The van der Waals surface area contributed by atoms with E-state index in [1.165, 1.54) is 16.9 Å². The molecule has 7 heteroatoms. The molecule has 2 aromatic heterocycles. The van der Waals surface area contributed by atoms with Gasteiger partial charge in [-0.05, 0) is 37.1 Å². The average Bonchev–Trinajstić information content (AvgIpc) is 3.38. The van der Waals surface area contributed by atoms with Crippen LogP contribution in [0.5, 0.6) is 0 Å². The highest BCUT2D eigenvalue weighted by Crippen LogP contribution is 2.24. The van der Waals surface area contributed by atoms with Crippen LogP contribution in [0.4, 0.5) is 0 Å². The molecule has 0 aliphatic carbocycles. The van der Waals surface area contributed by atoms with Gasteiger partial charge < -0.3 is 14.5 Å². The Morgan fingerprint density at radius 3 is 2.67 bits per heavy atom. The molecular weight excluding hydrogens is 398 g/mol. The van der Waals surface area contributed by atoms with Gasteiger partial charge in [-0.1, -0.05) is 24.3 Å². The Labute approximate surface area is 180 Å². The molecule has 30 heavy (non-hydrogen) atoms. The first-order valence-electron chi connectivity index (χ1n) is 10.3. The van der Waals surface area contributed by atoms with Crippen LogP contribution in [0.25, 0.3) is 10.8 Å². The Balaban J connectivity index is 1.33. The molecule has 0 bridgehead atoms. The molecule has 4 rings (SSSR count). The van der Waals surface area contributed by atoms with E-state index in [0.717, 1.165) is 41.7 Å². The zero-order chi connectivity index (χ0) is 20.9. The molecule has 158 valence electrons. The lowest BCUT2D eigenvalue weighted by Crippen LogP contribution is -2.45. The first kappa shape index (κ1) is 20.8. The second-order valence-electron chi connectivity index (χ2n) is 7.79. The lowest BCUT2D eigenvalue weighted by molar-refractivity contribution is -0.120. The molecule has 1 N–H and O–H groups in total. The minimum atomic E-state index is -0.0327. The molecule has 3 heterocycles. The maximum absolute atomic E-state index is 12.5. The van der Waals surface area contributed by atoms with E-state index in [-0.39, 0.29) is 24.5 Å². The fourth-order valence-corrected chi connectivity index (χ4v) is 4.65. The monoisotopic (exact) mass is 425 g/mol. The number of morpholine rings is 1. The van der Waals surface area contributed by atoms with Gasteiger partial charge in [0.05, 0.1) is 30.6 Å². The smallest absolute Gasteiger partial charge is 0.226 e. The fourth-order valence-electron chi connectivity index (χ4n) is 3.86. The van der Waals surface area contributed by atoms with Crippen LogP contribution in [0, 0.1) is 0 Å². The quantitative estimate of drug-likeness (QED) is 0.622. The van der Waals surface area contributed by atoms with Gasteiger partial charge >= 0.3 is 0 Å². The van der Waals surface area contributed by atoms with E-state index in [9.17, 15) is 4.79 Å². The van der Waals surface area contributed by atoms with Gasteiger partial charge in [-0.15, -0.1) is 11.3 Å². The number of rotatable bonds is 7. The topological polar surface area (TPSA) is 67.6 Å². The highest BCUT2D eigenvalue weighted by Gasteiger charge is 2.22. The number of nitrogens with zero attached hydrogens (tertiary/aromatic N) is 2. The summed E-state index contributed by atoms with van der Waals surface area (Å²) in [5.41, 5.74) is 3.15. The second-order valence-corrected chi connectivity index (χ2v) is 8.65. The Hall–Kier alpha value is -2.48. The number of carbonyl (C=O) groups is 1. The SMILES string of the molecule is C[C@@H]1CN(Cc2ccccc2CNC(=O)Cc2csc(-c3ccco3)n2)C[C@@H](C)O1. The number of benzene rings is 1. The molecule has 1 saturated heterocycles. The van der Waals surface area contributed by atoms with E-state index < -0.39 is 0 Å². The normalized spacial score (nSPS) is 19.7. The molecule has 0 unspecified atom stereocenters. The van der Waals surface area contributed by atoms with Crippen LogP contribution in [-0.4, -0.2) is 41.1 Å². The van der Waals surface area contributed by atoms with E-state index in [4.69, 9.17) is 9.15 Å². The van der Waals surface area contributed by atoms with Crippen molar-refractivity contribution in [2.45, 2.75) is 45.6 Å². The van der Waals surface area contributed by atoms with Crippen LogP contribution in [0.1, 0.15) is 30.7 Å². The van der Waals surface area contributed by atoms with Crippen molar-refractivity contribution in [1.82, 2.24) is 15.2 Å². The second kappa shape index (κ2) is 9.55. The minimum absolute atomic E-state index is 0.0327. The number of ether oxygens (including phenoxy) is 1. The van der Waals surface area contributed by atoms with Gasteiger partial charge in [0.2, 0.25) is 5.91 Å². The van der Waals surface area contributed by atoms with E-state index in [1.807, 2.05) is 23.6 Å². The van der Waals surface area contributed by atoms with Crippen molar-refractivity contribution >= 4 is 17.2 Å². The molecule has 0 spiro atoms. The van der Waals surface area contributed by atoms with Crippen molar-refractivity contribution in [1.29, 1.82) is 0 Å². The molecule has 1 aromatic carbocycles. The van der Waals surface area contributed by atoms with Gasteiger partial charge in [0.1, 0.15) is 0 Å². The van der Waals surface area contributed by atoms with Gasteiger partial charge in [0, 0.05) is 31.6 Å². The lowest BCUT2D eigenvalue weighted by atomic mass is 10.1. The van der Waals surface area contributed by atoms with Crippen molar-refractivity contribution in [3.05, 3.63) is 64.9 Å². The molecule has 3 aromatic rings. The molecule has 1 aliphatic rings. The third-order valence-corrected chi connectivity index (χ3v) is 6.01. The van der Waals surface area contributed by atoms with E-state index in [2.05, 4.69) is 47.2 Å².